The van der Waals surface area contributed by atoms with Gasteiger partial charge in [-0.25, -0.2) is 29.9 Å². The van der Waals surface area contributed by atoms with Gasteiger partial charge in [0, 0.05) is 108 Å². The van der Waals surface area contributed by atoms with Crippen molar-refractivity contribution in [1.29, 1.82) is 0 Å². The highest BCUT2D eigenvalue weighted by Gasteiger charge is 2.36. The quantitative estimate of drug-likeness (QED) is 0.0715. The highest BCUT2D eigenvalue weighted by Crippen LogP contribution is 2.39. The van der Waals surface area contributed by atoms with Gasteiger partial charge >= 0.3 is 0 Å². The molecule has 9 aromatic heterocycles. The molecule has 3 N–H and O–H groups in total. The van der Waals surface area contributed by atoms with Gasteiger partial charge in [-0.15, -0.1) is 0 Å². The zero-order valence-electron chi connectivity index (χ0n) is 58.6. The van der Waals surface area contributed by atoms with Crippen LogP contribution in [-0.2, 0) is 14.4 Å². The van der Waals surface area contributed by atoms with Crippen LogP contribution in [0.15, 0.2) is 196 Å². The van der Waals surface area contributed by atoms with Gasteiger partial charge in [0.15, 0.2) is 0 Å². The Hall–Kier alpha value is -13.4. The third kappa shape index (κ3) is 15.0. The van der Waals surface area contributed by atoms with Crippen LogP contribution in [0.4, 0.5) is 17.5 Å². The minimum Gasteiger partial charge on any atom is -0.329 e. The molecule has 0 aliphatic carbocycles. The molecule has 524 valence electrons. The van der Waals surface area contributed by atoms with Gasteiger partial charge in [0.25, 0.3) is 29.5 Å². The number of benzene rings is 3. The zero-order chi connectivity index (χ0) is 73.1. The van der Waals surface area contributed by atoms with Crippen LogP contribution in [0.5, 0.6) is 0 Å². The van der Waals surface area contributed by atoms with E-state index in [1.807, 2.05) is 95.8 Å². The van der Waals surface area contributed by atoms with E-state index in [2.05, 4.69) is 84.9 Å². The largest absolute Gasteiger partial charge is 0.329 e. The number of likely N-dealkylation sites (tertiary alicyclic amines) is 3. The van der Waals surface area contributed by atoms with Crippen LogP contribution in [0.2, 0.25) is 0 Å². The van der Waals surface area contributed by atoms with Gasteiger partial charge in [-0.2, -0.15) is 0 Å². The average Bonchev–Trinajstić information content (AvgIpc) is 1.62. The summed E-state index contributed by atoms with van der Waals surface area (Å²) in [6.45, 7) is 14.9. The Kier molecular flexibility index (Phi) is 21.2. The number of aryl methyl sites for hydroxylation is 3. The Bertz CT molecular complexity index is 5390. The maximum atomic E-state index is 12.8. The monoisotopic (exact) mass is 1390 g/mol. The summed E-state index contributed by atoms with van der Waals surface area (Å²) in [6, 6.07) is 37.5. The molecule has 3 aromatic carbocycles. The van der Waals surface area contributed by atoms with Crippen molar-refractivity contribution in [2.24, 2.45) is 0 Å². The first-order chi connectivity index (χ1) is 51.2. The lowest BCUT2D eigenvalue weighted by molar-refractivity contribution is -0.129. The first-order valence-corrected chi connectivity index (χ1v) is 34.6. The van der Waals surface area contributed by atoms with Gasteiger partial charge < -0.3 is 30.7 Å². The molecule has 0 bridgehead atoms. The number of hydrogen-bond donors (Lipinski definition) is 3. The Balaban J connectivity index is 0.000000140. The zero-order valence-corrected chi connectivity index (χ0v) is 58.6. The highest BCUT2D eigenvalue weighted by atomic mass is 16.2. The first kappa shape index (κ1) is 70.1. The number of anilines is 3. The molecule has 3 aliphatic heterocycles. The highest BCUT2D eigenvalue weighted by molar-refractivity contribution is 6.06. The summed E-state index contributed by atoms with van der Waals surface area (Å²) in [4.78, 5) is 122. The summed E-state index contributed by atoms with van der Waals surface area (Å²) >= 11 is 0. The van der Waals surface area contributed by atoms with Gasteiger partial charge in [-0.3, -0.25) is 56.9 Å². The Morgan fingerprint density at radius 2 is 0.857 bits per heavy atom. The van der Waals surface area contributed by atoms with Crippen LogP contribution in [-0.4, -0.2) is 128 Å². The van der Waals surface area contributed by atoms with Crippen molar-refractivity contribution in [2.75, 3.05) is 35.6 Å². The van der Waals surface area contributed by atoms with E-state index in [1.165, 1.54) is 6.08 Å². The molecule has 3 aliphatic rings. The van der Waals surface area contributed by atoms with E-state index in [0.717, 1.165) is 130 Å². The molecule has 12 aromatic rings. The van der Waals surface area contributed by atoms with Crippen molar-refractivity contribution in [3.8, 4) is 57.5 Å². The number of carbonyl (C=O) groups is 6. The molecule has 15 rings (SSSR count). The van der Waals surface area contributed by atoms with E-state index < -0.39 is 0 Å². The number of aromatic nitrogens is 12. The van der Waals surface area contributed by atoms with Crippen molar-refractivity contribution in [1.82, 2.24) is 72.8 Å². The second-order valence-electron chi connectivity index (χ2n) is 25.3. The van der Waals surface area contributed by atoms with E-state index in [0.29, 0.717) is 53.8 Å². The van der Waals surface area contributed by atoms with E-state index in [1.54, 1.807) is 141 Å². The van der Waals surface area contributed by atoms with Gasteiger partial charge in [0.1, 0.15) is 34.9 Å². The summed E-state index contributed by atoms with van der Waals surface area (Å²) in [7, 11) is 0. The lowest BCUT2D eigenvalue weighted by atomic mass is 10.0. The number of hydrogen-bond acceptors (Lipinski definition) is 15. The summed E-state index contributed by atoms with van der Waals surface area (Å²) in [5.74, 6) is 13.6. The lowest BCUT2D eigenvalue weighted by Gasteiger charge is -2.33. The van der Waals surface area contributed by atoms with E-state index in [9.17, 15) is 28.8 Å². The number of amides is 6. The van der Waals surface area contributed by atoms with Crippen molar-refractivity contribution < 1.29 is 28.8 Å². The Morgan fingerprint density at radius 3 is 1.29 bits per heavy atom. The molecule has 0 radical (unpaired) electrons. The van der Waals surface area contributed by atoms with E-state index in [-0.39, 0.29) is 53.6 Å². The average molecular weight is 1400 g/mol. The second-order valence-corrected chi connectivity index (χ2v) is 25.3. The number of piperidine rings is 1. The van der Waals surface area contributed by atoms with Crippen LogP contribution in [0, 0.1) is 44.5 Å². The molecule has 24 nitrogen and oxygen atoms in total. The fraction of sp³-hybridized carbons (Fsp3) is 0.222. The number of carbonyl (C=O) groups excluding carboxylic acids is 6. The number of nitrogens with zero attached hydrogens (tertiary/aromatic N) is 15. The third-order valence-corrected chi connectivity index (χ3v) is 18.6. The molecule has 0 spiro atoms. The number of pyridine rings is 3. The normalized spacial score (nSPS) is 15.2. The molecule has 24 heteroatoms. The van der Waals surface area contributed by atoms with Crippen LogP contribution >= 0.6 is 0 Å². The topological polar surface area (TPSA) is 277 Å². The van der Waals surface area contributed by atoms with Crippen LogP contribution in [0.1, 0.15) is 143 Å². The standard InChI is InChI=1S/C28H26N6O2.C27H24N6O2.C26H24N6O2/c1-3-8-24(35)33-17-7-5-9-22(33)27-32-25(26-19(2)29-16-18-34(26)27)20-11-13-21(14-12-20)28(36)31-23-10-4-6-15-30-23;1-3-7-24(34)32-15-6-8-21(32)26-31-25(22-17-28-16-18(2)33(22)26)19-10-12-20(13-11-19)27(35)30-23-9-4-5-14-29-23;1-3-23(33)31-14-6-7-20(31)25-30-24(21-16-27-15-17(2)32(21)25)18-9-11-19(12-10-18)26(34)29-22-8-4-5-13-28-22/h4,6,10-16,18,22H,5,7,9,17H2,1-2H3,(H,30,31,36);4-5,9-14,16-17,21H,6,8,15H2,1-2H3,(H,29,30,35);3-5,8-13,15-16,20H,1,6-7,14H2,2H3,(H,28,29,34)/t22-;21-;20-/m000/s1. The third-order valence-electron chi connectivity index (χ3n) is 18.6. The molecule has 3 saturated heterocycles. The summed E-state index contributed by atoms with van der Waals surface area (Å²) in [6.07, 6.45) is 23.3. The molecular formula is C81H74N18O6. The summed E-state index contributed by atoms with van der Waals surface area (Å²) in [5.41, 5.74) is 11.8. The summed E-state index contributed by atoms with van der Waals surface area (Å²) < 4.78 is 6.18. The van der Waals surface area contributed by atoms with E-state index >= 15 is 0 Å². The van der Waals surface area contributed by atoms with Gasteiger partial charge in [-0.05, 0) is 170 Å². The number of imidazole rings is 3. The second kappa shape index (κ2) is 31.7. The molecular weight excluding hydrogens is 1320 g/mol. The van der Waals surface area contributed by atoms with Crippen molar-refractivity contribution in [2.45, 2.75) is 97.7 Å². The fourth-order valence-electron chi connectivity index (χ4n) is 13.7. The molecule has 12 heterocycles. The summed E-state index contributed by atoms with van der Waals surface area (Å²) in [5, 5.41) is 8.39. The van der Waals surface area contributed by atoms with Crippen LogP contribution < -0.4 is 16.0 Å². The number of nitrogens with one attached hydrogen (secondary N) is 3. The van der Waals surface area contributed by atoms with Gasteiger partial charge in [0.2, 0.25) is 5.91 Å². The van der Waals surface area contributed by atoms with Gasteiger partial charge in [0.05, 0.1) is 69.8 Å². The molecule has 0 unspecified atom stereocenters. The molecule has 3 atom stereocenters. The Morgan fingerprint density at radius 1 is 0.457 bits per heavy atom. The number of rotatable bonds is 13. The number of fused-ring (bicyclic) bond motifs is 3. The van der Waals surface area contributed by atoms with Crippen molar-refractivity contribution >= 4 is 69.4 Å². The van der Waals surface area contributed by atoms with Crippen LogP contribution in [0.3, 0.4) is 0 Å². The molecule has 105 heavy (non-hydrogen) atoms. The smallest absolute Gasteiger partial charge is 0.299 e. The minimum atomic E-state index is -0.236. The predicted octanol–water partition coefficient (Wildman–Crippen LogP) is 12.7. The molecule has 6 amide bonds. The molecule has 0 saturated carbocycles. The van der Waals surface area contributed by atoms with Crippen molar-refractivity contribution in [3.05, 3.63) is 247 Å². The first-order valence-electron chi connectivity index (χ1n) is 34.6. The lowest BCUT2D eigenvalue weighted by Crippen LogP contribution is -2.38. The predicted molar refractivity (Wildman–Crippen MR) is 399 cm³/mol. The Labute approximate surface area is 605 Å². The molecule has 3 fully saturated rings. The maximum absolute atomic E-state index is 12.8. The SMILES string of the molecule is C=CC(=O)N1CCC[C@H]1c1nc(-c2ccc(C(=O)Nc3ccccn3)cc2)c2cncc(C)n12.CC#CC(=O)N1CCCC[C@H]1c1nc(-c2ccc(C(=O)Nc3ccccn3)cc2)c2c(C)nccn12.CC#CC(=O)N1CCC[C@H]1c1nc(-c2ccc(C(=O)Nc3ccccn3)cc2)c2cncc(C)n12. The van der Waals surface area contributed by atoms with E-state index in [4.69, 9.17) is 15.0 Å². The van der Waals surface area contributed by atoms with Crippen molar-refractivity contribution in [3.63, 3.8) is 0 Å². The van der Waals surface area contributed by atoms with Gasteiger partial charge in [-0.1, -0.05) is 73.0 Å². The minimum absolute atomic E-state index is 0.0872. The van der Waals surface area contributed by atoms with Crippen LogP contribution in [0.25, 0.3) is 50.3 Å². The maximum Gasteiger partial charge on any atom is 0.299 e. The fourth-order valence-corrected chi connectivity index (χ4v) is 13.7.